The number of fused-ring (bicyclic) bond motifs is 1. The lowest BCUT2D eigenvalue weighted by atomic mass is 10.0. The maximum atomic E-state index is 13.8. The molecule has 0 radical (unpaired) electrons. The zero-order valence-corrected chi connectivity index (χ0v) is 11.1. The second kappa shape index (κ2) is 5.44. The lowest BCUT2D eigenvalue weighted by Gasteiger charge is -2.10. The Hall–Kier alpha value is -2.56. The summed E-state index contributed by atoms with van der Waals surface area (Å²) < 4.78 is 24.9. The summed E-state index contributed by atoms with van der Waals surface area (Å²) in [7, 11) is 0. The van der Waals surface area contributed by atoms with E-state index in [0.717, 1.165) is 12.0 Å². The summed E-state index contributed by atoms with van der Waals surface area (Å²) in [6.45, 7) is 1.18. The van der Waals surface area contributed by atoms with Gasteiger partial charge in [0.05, 0.1) is 18.8 Å². The zero-order valence-electron chi connectivity index (χ0n) is 11.1. The molecule has 0 aliphatic carbocycles. The molecule has 1 aliphatic heterocycles. The molecule has 5 heteroatoms. The molecule has 0 spiro atoms. The van der Waals surface area contributed by atoms with Gasteiger partial charge in [0.25, 0.3) is 0 Å². The van der Waals surface area contributed by atoms with Crippen molar-refractivity contribution in [2.75, 3.05) is 13.2 Å². The molecule has 108 valence electrons. The van der Waals surface area contributed by atoms with Crippen LogP contribution in [0.15, 0.2) is 36.4 Å². The van der Waals surface area contributed by atoms with Crippen molar-refractivity contribution in [1.29, 1.82) is 0 Å². The Labute approximate surface area is 120 Å². The van der Waals surface area contributed by atoms with Crippen molar-refractivity contribution >= 4 is 5.97 Å². The summed E-state index contributed by atoms with van der Waals surface area (Å²) in [6, 6.07) is 9.39. The Morgan fingerprint density at radius 2 is 1.67 bits per heavy atom. The summed E-state index contributed by atoms with van der Waals surface area (Å²) in [4.78, 5) is 10.8. The van der Waals surface area contributed by atoms with Crippen LogP contribution in [-0.2, 0) is 0 Å². The standard InChI is InChI=1S/C16H13FO4/c17-13-8-10(2-4-12(13)16(18)19)11-3-5-14-15(9-11)21-7-1-6-20-14/h2-5,8-9H,1,6-7H2,(H,18,19). The number of halogens is 1. The van der Waals surface area contributed by atoms with Crippen molar-refractivity contribution in [2.45, 2.75) is 6.42 Å². The molecule has 1 N–H and O–H groups in total. The number of benzene rings is 2. The molecule has 0 saturated carbocycles. The summed E-state index contributed by atoms with van der Waals surface area (Å²) in [5.74, 6) is -0.753. The zero-order chi connectivity index (χ0) is 14.8. The summed E-state index contributed by atoms with van der Waals surface area (Å²) >= 11 is 0. The number of carboxylic acids is 1. The molecule has 0 atom stereocenters. The highest BCUT2D eigenvalue weighted by atomic mass is 19.1. The van der Waals surface area contributed by atoms with Gasteiger partial charge < -0.3 is 14.6 Å². The maximum absolute atomic E-state index is 13.8. The lowest BCUT2D eigenvalue weighted by Crippen LogP contribution is -2.00. The molecule has 0 amide bonds. The van der Waals surface area contributed by atoms with Crippen LogP contribution in [0.2, 0.25) is 0 Å². The van der Waals surface area contributed by atoms with E-state index in [0.29, 0.717) is 30.3 Å². The second-order valence-electron chi connectivity index (χ2n) is 4.71. The third-order valence-corrected chi connectivity index (χ3v) is 3.28. The number of rotatable bonds is 2. The molecule has 0 saturated heterocycles. The van der Waals surface area contributed by atoms with Gasteiger partial charge >= 0.3 is 5.97 Å². The molecule has 2 aromatic carbocycles. The first-order valence-corrected chi connectivity index (χ1v) is 6.58. The maximum Gasteiger partial charge on any atom is 0.338 e. The Morgan fingerprint density at radius 1 is 1.00 bits per heavy atom. The van der Waals surface area contributed by atoms with Gasteiger partial charge in [-0.1, -0.05) is 12.1 Å². The first kappa shape index (κ1) is 13.4. The average molecular weight is 288 g/mol. The highest BCUT2D eigenvalue weighted by Gasteiger charge is 2.14. The largest absolute Gasteiger partial charge is 0.490 e. The molecule has 1 heterocycles. The van der Waals surface area contributed by atoms with E-state index < -0.39 is 11.8 Å². The number of hydrogen-bond acceptors (Lipinski definition) is 3. The Bertz CT molecular complexity index is 697. The third kappa shape index (κ3) is 2.67. The molecular weight excluding hydrogens is 275 g/mol. The van der Waals surface area contributed by atoms with Crippen molar-refractivity contribution in [2.24, 2.45) is 0 Å². The van der Waals surface area contributed by atoms with Crippen LogP contribution in [0.5, 0.6) is 11.5 Å². The fraction of sp³-hybridized carbons (Fsp3) is 0.188. The topological polar surface area (TPSA) is 55.8 Å². The molecule has 0 bridgehead atoms. The first-order chi connectivity index (χ1) is 10.1. The summed E-state index contributed by atoms with van der Waals surface area (Å²) in [6.07, 6.45) is 0.811. The minimum atomic E-state index is -1.28. The van der Waals surface area contributed by atoms with Crippen molar-refractivity contribution < 1.29 is 23.8 Å². The Morgan fingerprint density at radius 3 is 2.38 bits per heavy atom. The van der Waals surface area contributed by atoms with Crippen molar-refractivity contribution in [3.63, 3.8) is 0 Å². The van der Waals surface area contributed by atoms with Gasteiger partial charge in [-0.3, -0.25) is 0 Å². The molecule has 21 heavy (non-hydrogen) atoms. The molecule has 0 aromatic heterocycles. The van der Waals surface area contributed by atoms with Crippen molar-refractivity contribution in [3.8, 4) is 22.6 Å². The van der Waals surface area contributed by atoms with E-state index in [1.54, 1.807) is 24.3 Å². The van der Waals surface area contributed by atoms with Gasteiger partial charge in [-0.15, -0.1) is 0 Å². The first-order valence-electron chi connectivity index (χ1n) is 6.58. The van der Waals surface area contributed by atoms with Crippen molar-refractivity contribution in [3.05, 3.63) is 47.8 Å². The molecule has 4 nitrogen and oxygen atoms in total. The van der Waals surface area contributed by atoms with Crippen LogP contribution < -0.4 is 9.47 Å². The van der Waals surface area contributed by atoms with Gasteiger partial charge in [0.2, 0.25) is 0 Å². The number of aromatic carboxylic acids is 1. The summed E-state index contributed by atoms with van der Waals surface area (Å²) in [5, 5.41) is 8.84. The van der Waals surface area contributed by atoms with Gasteiger partial charge in [-0.2, -0.15) is 0 Å². The van der Waals surface area contributed by atoms with E-state index in [1.165, 1.54) is 12.1 Å². The number of carboxylic acid groups (broad SMARTS) is 1. The smallest absolute Gasteiger partial charge is 0.338 e. The monoisotopic (exact) mass is 288 g/mol. The minimum absolute atomic E-state index is 0.340. The predicted molar refractivity (Wildman–Crippen MR) is 74.4 cm³/mol. The number of ether oxygens (including phenoxy) is 2. The molecular formula is C16H13FO4. The Balaban J connectivity index is 1.99. The lowest BCUT2D eigenvalue weighted by molar-refractivity contribution is 0.0692. The van der Waals surface area contributed by atoms with Gasteiger partial charge in [-0.25, -0.2) is 9.18 Å². The highest BCUT2D eigenvalue weighted by molar-refractivity contribution is 5.88. The van der Waals surface area contributed by atoms with Gasteiger partial charge in [0.1, 0.15) is 5.82 Å². The van der Waals surface area contributed by atoms with Crippen LogP contribution in [0.3, 0.4) is 0 Å². The molecule has 3 rings (SSSR count). The normalized spacial score (nSPS) is 13.6. The number of carbonyl (C=O) groups is 1. The van der Waals surface area contributed by atoms with E-state index in [2.05, 4.69) is 0 Å². The van der Waals surface area contributed by atoms with Gasteiger partial charge in [0.15, 0.2) is 11.5 Å². The SMILES string of the molecule is O=C(O)c1ccc(-c2ccc3c(c2)OCCCO3)cc1F. The van der Waals surface area contributed by atoms with Crippen LogP contribution in [0.1, 0.15) is 16.8 Å². The number of hydrogen-bond donors (Lipinski definition) is 1. The van der Waals surface area contributed by atoms with Crippen LogP contribution >= 0.6 is 0 Å². The van der Waals surface area contributed by atoms with Crippen LogP contribution in [0.4, 0.5) is 4.39 Å². The van der Waals surface area contributed by atoms with E-state index in [-0.39, 0.29) is 5.56 Å². The average Bonchev–Trinajstić information content (AvgIpc) is 2.71. The predicted octanol–water partition coefficient (Wildman–Crippen LogP) is 3.35. The van der Waals surface area contributed by atoms with E-state index >= 15 is 0 Å². The second-order valence-corrected chi connectivity index (χ2v) is 4.71. The van der Waals surface area contributed by atoms with Crippen molar-refractivity contribution in [1.82, 2.24) is 0 Å². The fourth-order valence-electron chi connectivity index (χ4n) is 2.21. The molecule has 0 fully saturated rings. The van der Waals surface area contributed by atoms with E-state index in [9.17, 15) is 9.18 Å². The molecule has 2 aromatic rings. The fourth-order valence-corrected chi connectivity index (χ4v) is 2.21. The van der Waals surface area contributed by atoms with Gasteiger partial charge in [-0.05, 0) is 35.4 Å². The summed E-state index contributed by atoms with van der Waals surface area (Å²) in [5.41, 5.74) is 0.997. The van der Waals surface area contributed by atoms with E-state index in [1.807, 2.05) is 0 Å². The quantitative estimate of drug-likeness (QED) is 0.920. The van der Waals surface area contributed by atoms with Gasteiger partial charge in [0, 0.05) is 6.42 Å². The van der Waals surface area contributed by atoms with E-state index in [4.69, 9.17) is 14.6 Å². The third-order valence-electron chi connectivity index (χ3n) is 3.28. The molecule has 1 aliphatic rings. The van der Waals surface area contributed by atoms with Crippen LogP contribution in [0.25, 0.3) is 11.1 Å². The van der Waals surface area contributed by atoms with Crippen LogP contribution in [0, 0.1) is 5.82 Å². The Kier molecular flexibility index (Phi) is 3.48. The minimum Gasteiger partial charge on any atom is -0.490 e. The van der Waals surface area contributed by atoms with Crippen LogP contribution in [-0.4, -0.2) is 24.3 Å². The molecule has 0 unspecified atom stereocenters. The highest BCUT2D eigenvalue weighted by Crippen LogP contribution is 2.34.